The van der Waals surface area contributed by atoms with Crippen LogP contribution in [0.3, 0.4) is 0 Å². The average molecular weight is 290 g/mol. The molecule has 0 unspecified atom stereocenters. The summed E-state index contributed by atoms with van der Waals surface area (Å²) in [7, 11) is 0. The van der Waals surface area contributed by atoms with Gasteiger partial charge in [-0.15, -0.1) is 0 Å². The number of aliphatic hydroxyl groups excluding tert-OH is 1. The molecule has 1 fully saturated rings. The van der Waals surface area contributed by atoms with Gasteiger partial charge in [0.15, 0.2) is 0 Å². The molecule has 1 aliphatic rings. The number of rotatable bonds is 6. The van der Waals surface area contributed by atoms with Crippen molar-refractivity contribution in [2.75, 3.05) is 18.5 Å². The van der Waals surface area contributed by atoms with Gasteiger partial charge in [-0.1, -0.05) is 25.0 Å². The van der Waals surface area contributed by atoms with Crippen LogP contribution < -0.4 is 5.32 Å². The molecule has 2 N–H and O–H groups in total. The van der Waals surface area contributed by atoms with Gasteiger partial charge in [0, 0.05) is 24.3 Å². The molecular formula is C17H26N2O2. The molecule has 0 spiro atoms. The summed E-state index contributed by atoms with van der Waals surface area (Å²) >= 11 is 0. The third-order valence-electron chi connectivity index (χ3n) is 3.97. The summed E-state index contributed by atoms with van der Waals surface area (Å²) < 4.78 is 0. The molecule has 2 rings (SSSR count). The first-order valence-electron chi connectivity index (χ1n) is 7.91. The van der Waals surface area contributed by atoms with E-state index >= 15 is 0 Å². The summed E-state index contributed by atoms with van der Waals surface area (Å²) in [6, 6.07) is 8.19. The molecule has 0 heterocycles. The molecule has 1 aromatic carbocycles. The second kappa shape index (κ2) is 7.46. The third-order valence-corrected chi connectivity index (χ3v) is 3.97. The lowest BCUT2D eigenvalue weighted by Gasteiger charge is -2.29. The fourth-order valence-corrected chi connectivity index (χ4v) is 3.03. The van der Waals surface area contributed by atoms with Crippen molar-refractivity contribution in [2.24, 2.45) is 0 Å². The molecule has 1 saturated carbocycles. The molecule has 1 aliphatic carbocycles. The van der Waals surface area contributed by atoms with Crippen LogP contribution in [0.4, 0.5) is 5.69 Å². The number of para-hydroxylation sites is 1. The first-order chi connectivity index (χ1) is 10.1. The maximum absolute atomic E-state index is 12.9. The van der Waals surface area contributed by atoms with Gasteiger partial charge in [-0.2, -0.15) is 0 Å². The number of carbonyl (C=O) groups is 1. The lowest BCUT2D eigenvalue weighted by Crippen LogP contribution is -2.41. The molecule has 1 aromatic rings. The van der Waals surface area contributed by atoms with E-state index in [0.29, 0.717) is 12.1 Å². The highest BCUT2D eigenvalue weighted by molar-refractivity contribution is 5.99. The first-order valence-corrected chi connectivity index (χ1v) is 7.91. The van der Waals surface area contributed by atoms with Crippen molar-refractivity contribution in [3.63, 3.8) is 0 Å². The lowest BCUT2D eigenvalue weighted by molar-refractivity contribution is 0.0639. The van der Waals surface area contributed by atoms with Crippen LogP contribution >= 0.6 is 0 Å². The number of carbonyl (C=O) groups excluding carboxylic acids is 1. The van der Waals surface area contributed by atoms with Crippen LogP contribution in [0, 0.1) is 0 Å². The number of nitrogens with one attached hydrogen (secondary N) is 1. The number of nitrogens with zero attached hydrogens (tertiary/aromatic N) is 1. The van der Waals surface area contributed by atoms with Crippen molar-refractivity contribution >= 4 is 11.6 Å². The fraction of sp³-hybridized carbons (Fsp3) is 0.588. The average Bonchev–Trinajstić information content (AvgIpc) is 2.98. The zero-order valence-electron chi connectivity index (χ0n) is 13.0. The summed E-state index contributed by atoms with van der Waals surface area (Å²) in [5.41, 5.74) is 1.57. The predicted molar refractivity (Wildman–Crippen MR) is 85.6 cm³/mol. The largest absolute Gasteiger partial charge is 0.395 e. The first kappa shape index (κ1) is 15.8. The topological polar surface area (TPSA) is 52.6 Å². The van der Waals surface area contributed by atoms with Gasteiger partial charge in [0.1, 0.15) is 0 Å². The molecule has 4 heteroatoms. The Hall–Kier alpha value is -1.55. The number of benzene rings is 1. The highest BCUT2D eigenvalue weighted by atomic mass is 16.3. The van der Waals surface area contributed by atoms with Crippen LogP contribution in [-0.4, -0.2) is 41.1 Å². The minimum atomic E-state index is 0.0159. The number of anilines is 1. The van der Waals surface area contributed by atoms with Gasteiger partial charge in [-0.3, -0.25) is 4.79 Å². The van der Waals surface area contributed by atoms with Crippen LogP contribution in [0.5, 0.6) is 0 Å². The molecule has 0 bridgehead atoms. The second-order valence-corrected chi connectivity index (χ2v) is 6.01. The van der Waals surface area contributed by atoms with E-state index in [1.165, 1.54) is 12.8 Å². The maximum Gasteiger partial charge on any atom is 0.256 e. The molecule has 0 aliphatic heterocycles. The summed E-state index contributed by atoms with van der Waals surface area (Å²) in [5, 5.41) is 12.6. The van der Waals surface area contributed by atoms with E-state index < -0.39 is 0 Å². The molecule has 116 valence electrons. The maximum atomic E-state index is 12.9. The smallest absolute Gasteiger partial charge is 0.256 e. The Morgan fingerprint density at radius 2 is 2.00 bits per heavy atom. The number of hydrogen-bond donors (Lipinski definition) is 2. The zero-order valence-corrected chi connectivity index (χ0v) is 13.0. The molecule has 21 heavy (non-hydrogen) atoms. The Labute approximate surface area is 127 Å². The number of amides is 1. The zero-order chi connectivity index (χ0) is 15.2. The van der Waals surface area contributed by atoms with Crippen LogP contribution in [0.1, 0.15) is 49.9 Å². The van der Waals surface area contributed by atoms with Gasteiger partial charge in [0.05, 0.1) is 12.2 Å². The summed E-state index contributed by atoms with van der Waals surface area (Å²) in [6.07, 6.45) is 4.44. The molecule has 4 nitrogen and oxygen atoms in total. The molecule has 1 amide bonds. The van der Waals surface area contributed by atoms with Gasteiger partial charge in [-0.25, -0.2) is 0 Å². The quantitative estimate of drug-likeness (QED) is 0.847. The van der Waals surface area contributed by atoms with Gasteiger partial charge in [-0.05, 0) is 38.8 Å². The third kappa shape index (κ3) is 3.97. The van der Waals surface area contributed by atoms with E-state index in [4.69, 9.17) is 0 Å². The Morgan fingerprint density at radius 3 is 2.62 bits per heavy atom. The van der Waals surface area contributed by atoms with E-state index in [0.717, 1.165) is 18.5 Å². The van der Waals surface area contributed by atoms with Crippen molar-refractivity contribution in [1.82, 2.24) is 4.90 Å². The number of hydrogen-bond acceptors (Lipinski definition) is 3. The van der Waals surface area contributed by atoms with Crippen LogP contribution in [0.2, 0.25) is 0 Å². The molecule has 0 saturated heterocycles. The van der Waals surface area contributed by atoms with Crippen molar-refractivity contribution in [2.45, 2.75) is 51.6 Å². The monoisotopic (exact) mass is 290 g/mol. The predicted octanol–water partition coefficient (Wildman–Crippen LogP) is 2.88. The Balaban J connectivity index is 2.23. The number of aliphatic hydroxyl groups is 1. The van der Waals surface area contributed by atoms with Crippen molar-refractivity contribution < 1.29 is 9.90 Å². The standard InChI is InChI=1S/C17H26N2O2/c1-13(2)18-16-10-6-5-9-15(16)17(21)19(11-12-20)14-7-3-4-8-14/h5-6,9-10,13-14,18,20H,3-4,7-8,11-12H2,1-2H3. The van der Waals surface area contributed by atoms with E-state index in [1.807, 2.05) is 29.2 Å². The van der Waals surface area contributed by atoms with E-state index in [9.17, 15) is 9.90 Å². The van der Waals surface area contributed by atoms with E-state index in [1.54, 1.807) is 0 Å². The van der Waals surface area contributed by atoms with E-state index in [2.05, 4.69) is 19.2 Å². The van der Waals surface area contributed by atoms with Crippen LogP contribution in [-0.2, 0) is 0 Å². The van der Waals surface area contributed by atoms with Crippen molar-refractivity contribution in [3.05, 3.63) is 29.8 Å². The Kier molecular flexibility index (Phi) is 5.62. The molecule has 0 atom stereocenters. The Bertz CT molecular complexity index is 468. The fourth-order valence-electron chi connectivity index (χ4n) is 3.03. The summed E-state index contributed by atoms with van der Waals surface area (Å²) in [6.45, 7) is 4.55. The lowest BCUT2D eigenvalue weighted by atomic mass is 10.1. The molecule has 0 aromatic heterocycles. The Morgan fingerprint density at radius 1 is 1.33 bits per heavy atom. The van der Waals surface area contributed by atoms with Crippen LogP contribution in [0.15, 0.2) is 24.3 Å². The second-order valence-electron chi connectivity index (χ2n) is 6.01. The van der Waals surface area contributed by atoms with Crippen molar-refractivity contribution in [3.8, 4) is 0 Å². The van der Waals surface area contributed by atoms with Crippen molar-refractivity contribution in [1.29, 1.82) is 0 Å². The minimum Gasteiger partial charge on any atom is -0.395 e. The van der Waals surface area contributed by atoms with E-state index in [-0.39, 0.29) is 24.6 Å². The summed E-state index contributed by atoms with van der Waals surface area (Å²) in [4.78, 5) is 14.8. The van der Waals surface area contributed by atoms with Gasteiger partial charge >= 0.3 is 0 Å². The normalized spacial score (nSPS) is 15.4. The molecular weight excluding hydrogens is 264 g/mol. The highest BCUT2D eigenvalue weighted by Gasteiger charge is 2.28. The summed E-state index contributed by atoms with van der Waals surface area (Å²) in [5.74, 6) is 0.0275. The van der Waals surface area contributed by atoms with Gasteiger partial charge < -0.3 is 15.3 Å². The minimum absolute atomic E-state index is 0.0159. The SMILES string of the molecule is CC(C)Nc1ccccc1C(=O)N(CCO)C1CCCC1. The van der Waals surface area contributed by atoms with Gasteiger partial charge in [0.2, 0.25) is 0 Å². The van der Waals surface area contributed by atoms with Gasteiger partial charge in [0.25, 0.3) is 5.91 Å². The van der Waals surface area contributed by atoms with Crippen LogP contribution in [0.25, 0.3) is 0 Å². The highest BCUT2D eigenvalue weighted by Crippen LogP contribution is 2.26. The molecule has 0 radical (unpaired) electrons.